The maximum Gasteiger partial charge on any atom is 0.237 e. The Kier molecular flexibility index (Phi) is 15.1. The van der Waals surface area contributed by atoms with Crippen LogP contribution >= 0.6 is 23.2 Å². The van der Waals surface area contributed by atoms with E-state index in [0.29, 0.717) is 69.9 Å². The summed E-state index contributed by atoms with van der Waals surface area (Å²) in [4.78, 5) is 50.6. The fourth-order valence-electron chi connectivity index (χ4n) is 6.48. The van der Waals surface area contributed by atoms with Crippen LogP contribution in [-0.4, -0.2) is 77.4 Å². The lowest BCUT2D eigenvalue weighted by atomic mass is 10.1. The summed E-state index contributed by atoms with van der Waals surface area (Å²) in [5.74, 6) is 0.729. The van der Waals surface area contributed by atoms with Gasteiger partial charge in [0, 0.05) is 48.1 Å². The van der Waals surface area contributed by atoms with Gasteiger partial charge in [-0.25, -0.2) is 28.7 Å². The Hall–Kier alpha value is -6.27. The van der Waals surface area contributed by atoms with Crippen LogP contribution in [-0.2, 0) is 16.1 Å². The summed E-state index contributed by atoms with van der Waals surface area (Å²) >= 11 is 11.7. The van der Waals surface area contributed by atoms with Crippen molar-refractivity contribution >= 4 is 86.1 Å². The van der Waals surface area contributed by atoms with Crippen LogP contribution < -0.4 is 41.8 Å². The lowest BCUT2D eigenvalue weighted by Gasteiger charge is -2.23. The Balaban J connectivity index is 0.000000177. The van der Waals surface area contributed by atoms with Crippen molar-refractivity contribution in [1.82, 2.24) is 35.9 Å². The van der Waals surface area contributed by atoms with E-state index in [1.807, 2.05) is 6.07 Å². The van der Waals surface area contributed by atoms with Gasteiger partial charge in [0.2, 0.25) is 11.8 Å². The van der Waals surface area contributed by atoms with Crippen molar-refractivity contribution in [3.63, 3.8) is 0 Å². The maximum atomic E-state index is 14.3. The highest BCUT2D eigenvalue weighted by molar-refractivity contribution is 6.31. The third-order valence-electron chi connectivity index (χ3n) is 9.71. The van der Waals surface area contributed by atoms with E-state index in [2.05, 4.69) is 46.5 Å². The number of methoxy groups -OCH3 is 2. The highest BCUT2D eigenvalue weighted by Crippen LogP contribution is 2.33. The van der Waals surface area contributed by atoms with Crippen molar-refractivity contribution in [2.75, 3.05) is 37.9 Å². The molecule has 2 saturated heterocycles. The summed E-state index contributed by atoms with van der Waals surface area (Å²) in [6.07, 6.45) is 6.99. The van der Waals surface area contributed by atoms with Crippen molar-refractivity contribution < 1.29 is 32.6 Å². The van der Waals surface area contributed by atoms with Gasteiger partial charge >= 0.3 is 0 Å². The number of fused-ring (bicyclic) bond motifs is 2. The molecule has 0 saturated carbocycles. The molecule has 2 aromatic heterocycles. The molecule has 2 fully saturated rings. The number of piperidine rings is 2. The minimum absolute atomic E-state index is 0.00289. The van der Waals surface area contributed by atoms with Crippen molar-refractivity contribution in [2.45, 2.75) is 44.3 Å². The summed E-state index contributed by atoms with van der Waals surface area (Å²) in [5, 5.41) is 16.0. The number of carbonyl (C=O) groups is 3. The van der Waals surface area contributed by atoms with Gasteiger partial charge in [-0.2, -0.15) is 0 Å². The minimum atomic E-state index is -0.579. The third kappa shape index (κ3) is 10.9. The fourth-order valence-corrected chi connectivity index (χ4v) is 6.83. The summed E-state index contributed by atoms with van der Waals surface area (Å²) in [5.41, 5.74) is 8.17. The summed E-state index contributed by atoms with van der Waals surface area (Å²) < 4.78 is 39.0. The predicted octanol–water partition coefficient (Wildman–Crippen LogP) is 6.75. The second-order valence-electron chi connectivity index (χ2n) is 13.7. The first-order valence-corrected chi connectivity index (χ1v) is 19.8. The van der Waals surface area contributed by atoms with Crippen molar-refractivity contribution in [1.29, 1.82) is 0 Å². The van der Waals surface area contributed by atoms with E-state index in [0.717, 1.165) is 37.8 Å². The predicted molar refractivity (Wildman–Crippen MR) is 230 cm³/mol. The molecule has 19 heteroatoms. The molecule has 2 aliphatic rings. The quantitative estimate of drug-likeness (QED) is 0.0789. The van der Waals surface area contributed by atoms with E-state index in [9.17, 15) is 23.2 Å². The molecule has 2 atom stereocenters. The molecular formula is C42H42Cl2F2N10O5. The van der Waals surface area contributed by atoms with E-state index in [1.165, 1.54) is 31.9 Å². The van der Waals surface area contributed by atoms with Crippen LogP contribution in [0.2, 0.25) is 10.0 Å². The van der Waals surface area contributed by atoms with E-state index >= 15 is 0 Å². The van der Waals surface area contributed by atoms with Crippen LogP contribution in [0, 0.1) is 11.6 Å². The number of hydrogen-bond donors (Lipinski definition) is 6. The zero-order valence-electron chi connectivity index (χ0n) is 33.0. The number of aromatic nitrogens is 4. The van der Waals surface area contributed by atoms with Crippen LogP contribution in [0.3, 0.4) is 0 Å². The molecule has 4 heterocycles. The lowest BCUT2D eigenvalue weighted by molar-refractivity contribution is -0.125. The van der Waals surface area contributed by atoms with Crippen LogP contribution in [0.15, 0.2) is 73.3 Å². The largest absolute Gasteiger partial charge is 0.496 e. The number of benzene rings is 4. The number of nitrogens with two attached hydrogens (primary N) is 1. The molecule has 7 N–H and O–H groups in total. The summed E-state index contributed by atoms with van der Waals surface area (Å²) in [6.45, 7) is 1.94. The van der Waals surface area contributed by atoms with Gasteiger partial charge in [-0.05, 0) is 62.1 Å². The molecule has 0 unspecified atom stereocenters. The van der Waals surface area contributed by atoms with Gasteiger partial charge in [0.1, 0.15) is 35.8 Å². The van der Waals surface area contributed by atoms with E-state index in [-0.39, 0.29) is 45.3 Å². The normalized spacial score (nSPS) is 15.9. The zero-order valence-corrected chi connectivity index (χ0v) is 34.5. The Morgan fingerprint density at radius 1 is 0.770 bits per heavy atom. The molecule has 2 amide bonds. The maximum absolute atomic E-state index is 14.3. The Morgan fingerprint density at radius 3 is 1.82 bits per heavy atom. The Labute approximate surface area is 359 Å². The van der Waals surface area contributed by atoms with E-state index < -0.39 is 11.6 Å². The van der Waals surface area contributed by atoms with Gasteiger partial charge in [-0.1, -0.05) is 35.3 Å². The number of anilines is 4. The van der Waals surface area contributed by atoms with Crippen molar-refractivity contribution in [3.05, 3.63) is 106 Å². The van der Waals surface area contributed by atoms with Crippen LogP contribution in [0.4, 0.5) is 31.8 Å². The topological polar surface area (TPSA) is 207 Å². The molecule has 0 radical (unpaired) electrons. The first-order valence-electron chi connectivity index (χ1n) is 19.1. The number of amides is 2. The summed E-state index contributed by atoms with van der Waals surface area (Å²) in [6, 6.07) is 15.7. The molecule has 0 spiro atoms. The van der Waals surface area contributed by atoms with Crippen LogP contribution in [0.5, 0.6) is 11.5 Å². The van der Waals surface area contributed by atoms with Gasteiger partial charge < -0.3 is 41.8 Å². The fraction of sp³-hybridized carbons (Fsp3) is 0.262. The second kappa shape index (κ2) is 20.8. The average molecular weight is 876 g/mol. The molecule has 318 valence electrons. The number of nitrogens with zero attached hydrogens (tertiary/aromatic N) is 4. The Morgan fingerprint density at radius 2 is 1.31 bits per heavy atom. The zero-order chi connectivity index (χ0) is 43.5. The van der Waals surface area contributed by atoms with E-state index in [4.69, 9.17) is 38.4 Å². The third-order valence-corrected chi connectivity index (χ3v) is 10.3. The first-order chi connectivity index (χ1) is 29.5. The molecule has 0 bridgehead atoms. The molecular weight excluding hydrogens is 833 g/mol. The molecule has 61 heavy (non-hydrogen) atoms. The SMILES string of the molecule is COc1cc2ncnc(Nc3cccc(Cl)c3F)c2cc1C=O.COc1cc2ncnc(Nc3cccc(Cl)c3F)c2cc1CN[C@H]1CCCNC1=O.N[C@H]1CCCNC1=O. The molecule has 4 aromatic carbocycles. The number of halogens is 4. The number of carbonyl (C=O) groups excluding carboxylic acids is 3. The molecule has 8 rings (SSSR count). The molecule has 15 nitrogen and oxygen atoms in total. The first kappa shape index (κ1) is 44.3. The van der Waals surface area contributed by atoms with E-state index in [1.54, 1.807) is 49.6 Å². The number of nitrogens with one attached hydrogen (secondary N) is 5. The Bertz CT molecular complexity index is 2550. The van der Waals surface area contributed by atoms with Crippen LogP contribution in [0.25, 0.3) is 21.8 Å². The summed E-state index contributed by atoms with van der Waals surface area (Å²) in [7, 11) is 3.05. The molecule has 2 aliphatic heterocycles. The number of aldehydes is 1. The second-order valence-corrected chi connectivity index (χ2v) is 14.5. The molecule has 6 aromatic rings. The average Bonchev–Trinajstić information content (AvgIpc) is 3.27. The van der Waals surface area contributed by atoms with Gasteiger partial charge in [0.15, 0.2) is 17.9 Å². The molecule has 0 aliphatic carbocycles. The van der Waals surface area contributed by atoms with Gasteiger partial charge in [0.05, 0.1) is 64.3 Å². The monoisotopic (exact) mass is 874 g/mol. The number of hydrogen-bond acceptors (Lipinski definition) is 13. The van der Waals surface area contributed by atoms with Crippen molar-refractivity contribution in [3.8, 4) is 11.5 Å². The van der Waals surface area contributed by atoms with Crippen LogP contribution in [0.1, 0.15) is 41.6 Å². The van der Waals surface area contributed by atoms with Gasteiger partial charge in [-0.3, -0.25) is 14.4 Å². The minimum Gasteiger partial charge on any atom is -0.496 e. The highest BCUT2D eigenvalue weighted by atomic mass is 35.5. The number of ether oxygens (including phenoxy) is 2. The van der Waals surface area contributed by atoms with Gasteiger partial charge in [0.25, 0.3) is 0 Å². The standard InChI is InChI=1S/C21H21ClFN5O2.C16H11ClFN3O2.C5H10N2O/c1-30-18-9-17-13(8-12(18)10-25-16-6-3-7-24-21(16)29)20(27-11-26-17)28-15-5-2-4-14(22)19(15)23;1-23-14-6-13-10(5-9(14)7-22)16(20-8-19-13)21-12-4-2-3-11(17)15(12)18;6-4-2-1-3-7-5(4)8/h2,4-5,8-9,11,16,25H,3,6-7,10H2,1H3,(H,24,29)(H,26,27,28);2-8H,1H3,(H,19,20,21);4H,1-3,6H2,(H,7,8)/t16-;;4-/m0.0/s1. The smallest absolute Gasteiger partial charge is 0.237 e. The number of rotatable bonds is 10. The van der Waals surface area contributed by atoms with Gasteiger partial charge in [-0.15, -0.1) is 0 Å². The van der Waals surface area contributed by atoms with Crippen molar-refractivity contribution in [2.24, 2.45) is 5.73 Å². The lowest BCUT2D eigenvalue weighted by Crippen LogP contribution is -2.47. The highest BCUT2D eigenvalue weighted by Gasteiger charge is 2.22.